The van der Waals surface area contributed by atoms with E-state index >= 15 is 0 Å². The van der Waals surface area contributed by atoms with Gasteiger partial charge in [0.25, 0.3) is 0 Å². The normalized spacial score (nSPS) is 16.9. The molecule has 3 rings (SSSR count). The molecule has 0 unspecified atom stereocenters. The van der Waals surface area contributed by atoms with Crippen molar-refractivity contribution in [3.05, 3.63) is 30.1 Å². The van der Waals surface area contributed by atoms with Crippen LogP contribution in [0.4, 0.5) is 5.95 Å². The summed E-state index contributed by atoms with van der Waals surface area (Å²) >= 11 is 0. The van der Waals surface area contributed by atoms with Gasteiger partial charge in [-0.1, -0.05) is 0 Å². The fourth-order valence-electron chi connectivity index (χ4n) is 3.43. The van der Waals surface area contributed by atoms with Gasteiger partial charge in [-0.3, -0.25) is 4.90 Å². The second-order valence-corrected chi connectivity index (χ2v) is 6.88. The molecular weight excluding hydrogens is 288 g/mol. The lowest BCUT2D eigenvalue weighted by molar-refractivity contribution is 0.172. The van der Waals surface area contributed by atoms with Crippen molar-refractivity contribution in [1.82, 2.24) is 24.0 Å². The van der Waals surface area contributed by atoms with Crippen LogP contribution in [0.25, 0.3) is 0 Å². The van der Waals surface area contributed by atoms with Crippen LogP contribution < -0.4 is 4.90 Å². The zero-order valence-electron chi connectivity index (χ0n) is 14.7. The number of rotatable bonds is 5. The Morgan fingerprint density at radius 2 is 1.91 bits per heavy atom. The van der Waals surface area contributed by atoms with E-state index in [0.717, 1.165) is 37.9 Å². The van der Waals surface area contributed by atoms with Gasteiger partial charge in [0, 0.05) is 53.5 Å². The van der Waals surface area contributed by atoms with E-state index in [0.29, 0.717) is 0 Å². The number of aryl methyl sites for hydroxylation is 1. The number of imidazole rings is 2. The number of nitrogens with zero attached hydrogens (tertiary/aromatic N) is 6. The van der Waals surface area contributed by atoms with Gasteiger partial charge in [-0.2, -0.15) is 0 Å². The summed E-state index contributed by atoms with van der Waals surface area (Å²) in [4.78, 5) is 13.6. The summed E-state index contributed by atoms with van der Waals surface area (Å²) in [6.07, 6.45) is 9.56. The van der Waals surface area contributed by atoms with Crippen LogP contribution in [0.5, 0.6) is 0 Å². The molecule has 1 aliphatic rings. The van der Waals surface area contributed by atoms with Crippen molar-refractivity contribution in [3.8, 4) is 0 Å². The summed E-state index contributed by atoms with van der Waals surface area (Å²) in [5, 5.41) is 0. The Bertz CT molecular complexity index is 633. The molecule has 0 aromatic carbocycles. The quantitative estimate of drug-likeness (QED) is 0.841. The van der Waals surface area contributed by atoms with Crippen LogP contribution in [0.15, 0.2) is 18.6 Å². The van der Waals surface area contributed by atoms with Crippen LogP contribution in [-0.2, 0) is 27.1 Å². The Morgan fingerprint density at radius 1 is 1.17 bits per heavy atom. The maximum absolute atomic E-state index is 4.51. The first-order valence-electron chi connectivity index (χ1n) is 8.41. The molecule has 2 aromatic heterocycles. The molecular formula is C17H28N6. The van der Waals surface area contributed by atoms with E-state index in [1.54, 1.807) is 0 Å². The smallest absolute Gasteiger partial charge is 0.204 e. The third-order valence-electron chi connectivity index (χ3n) is 4.94. The molecule has 23 heavy (non-hydrogen) atoms. The highest BCUT2D eigenvalue weighted by molar-refractivity contribution is 5.30. The van der Waals surface area contributed by atoms with Crippen molar-refractivity contribution in [1.29, 1.82) is 0 Å². The number of aromatic nitrogens is 4. The summed E-state index contributed by atoms with van der Waals surface area (Å²) in [5.41, 5.74) is 1.29. The average Bonchev–Trinajstić information content (AvgIpc) is 3.08. The van der Waals surface area contributed by atoms with Crippen molar-refractivity contribution in [2.24, 2.45) is 20.0 Å². The van der Waals surface area contributed by atoms with E-state index in [4.69, 9.17) is 0 Å². The van der Waals surface area contributed by atoms with Crippen molar-refractivity contribution in [2.75, 3.05) is 32.1 Å². The van der Waals surface area contributed by atoms with Crippen molar-refractivity contribution in [2.45, 2.75) is 25.8 Å². The summed E-state index contributed by atoms with van der Waals surface area (Å²) in [6, 6.07) is 0. The lowest BCUT2D eigenvalue weighted by Gasteiger charge is -2.31. The molecule has 0 radical (unpaired) electrons. The van der Waals surface area contributed by atoms with Crippen LogP contribution in [-0.4, -0.2) is 51.2 Å². The first-order chi connectivity index (χ1) is 11.0. The number of piperidine rings is 1. The zero-order valence-corrected chi connectivity index (χ0v) is 14.7. The van der Waals surface area contributed by atoms with Gasteiger partial charge in [-0.25, -0.2) is 9.97 Å². The zero-order chi connectivity index (χ0) is 16.4. The molecule has 0 N–H and O–H groups in total. The third kappa shape index (κ3) is 3.58. The first kappa shape index (κ1) is 16.1. The number of hydrogen-bond acceptors (Lipinski definition) is 4. The topological polar surface area (TPSA) is 42.1 Å². The average molecular weight is 316 g/mol. The Balaban J connectivity index is 1.52. The molecule has 0 spiro atoms. The monoisotopic (exact) mass is 316 g/mol. The van der Waals surface area contributed by atoms with E-state index in [-0.39, 0.29) is 0 Å². The molecule has 1 aliphatic heterocycles. The predicted octanol–water partition coefficient (Wildman–Crippen LogP) is 1.67. The Hall–Kier alpha value is -1.82. The van der Waals surface area contributed by atoms with Crippen LogP contribution >= 0.6 is 0 Å². The molecule has 1 fully saturated rings. The van der Waals surface area contributed by atoms with Crippen molar-refractivity contribution in [3.63, 3.8) is 0 Å². The minimum Gasteiger partial charge on any atom is -0.348 e. The van der Waals surface area contributed by atoms with Crippen molar-refractivity contribution >= 4 is 5.95 Å². The Kier molecular flexibility index (Phi) is 4.71. The number of hydrogen-bond donors (Lipinski definition) is 0. The molecule has 1 saturated heterocycles. The van der Waals surface area contributed by atoms with Crippen LogP contribution in [0.1, 0.15) is 24.4 Å². The van der Waals surface area contributed by atoms with Gasteiger partial charge < -0.3 is 14.0 Å². The van der Waals surface area contributed by atoms with Crippen LogP contribution in [0.2, 0.25) is 0 Å². The fourth-order valence-corrected chi connectivity index (χ4v) is 3.43. The van der Waals surface area contributed by atoms with Gasteiger partial charge in [0.2, 0.25) is 5.95 Å². The summed E-state index contributed by atoms with van der Waals surface area (Å²) in [7, 11) is 8.26. The van der Waals surface area contributed by atoms with E-state index in [1.807, 2.05) is 32.7 Å². The first-order valence-corrected chi connectivity index (χ1v) is 8.41. The van der Waals surface area contributed by atoms with Crippen molar-refractivity contribution < 1.29 is 0 Å². The van der Waals surface area contributed by atoms with E-state index in [9.17, 15) is 0 Å². The summed E-state index contributed by atoms with van der Waals surface area (Å²) in [6.45, 7) is 3.32. The molecule has 6 heteroatoms. The highest BCUT2D eigenvalue weighted by Gasteiger charge is 2.22. The van der Waals surface area contributed by atoms with Crippen LogP contribution in [0, 0.1) is 5.92 Å². The molecule has 3 heterocycles. The maximum Gasteiger partial charge on any atom is 0.204 e. The molecule has 0 amide bonds. The highest BCUT2D eigenvalue weighted by Crippen LogP contribution is 2.23. The summed E-state index contributed by atoms with van der Waals surface area (Å²) < 4.78 is 4.34. The second kappa shape index (κ2) is 6.74. The largest absolute Gasteiger partial charge is 0.348 e. The standard InChI is InChI=1S/C17H28N6/c1-20(2)17-19-12-15(22(17)4)13-23-8-5-14(6-9-23)11-16-18-7-10-21(16)3/h7,10,12,14H,5-6,8-9,11,13H2,1-4H3. The SMILES string of the molecule is CN(C)c1ncc(CN2CCC(Cc3nccn3C)CC2)n1C. The molecule has 0 saturated carbocycles. The lowest BCUT2D eigenvalue weighted by Crippen LogP contribution is -2.34. The van der Waals surface area contributed by atoms with E-state index < -0.39 is 0 Å². The third-order valence-corrected chi connectivity index (χ3v) is 4.94. The predicted molar refractivity (Wildman–Crippen MR) is 92.4 cm³/mol. The molecule has 0 atom stereocenters. The Morgan fingerprint density at radius 3 is 2.48 bits per heavy atom. The van der Waals surface area contributed by atoms with Gasteiger partial charge in [0.05, 0.1) is 11.9 Å². The van der Waals surface area contributed by atoms with Gasteiger partial charge in [0.1, 0.15) is 5.82 Å². The minimum atomic E-state index is 0.760. The molecule has 6 nitrogen and oxygen atoms in total. The molecule has 126 valence electrons. The van der Waals surface area contributed by atoms with Gasteiger partial charge >= 0.3 is 0 Å². The molecule has 0 aliphatic carbocycles. The van der Waals surface area contributed by atoms with Gasteiger partial charge in [-0.15, -0.1) is 0 Å². The summed E-state index contributed by atoms with van der Waals surface area (Å²) in [5.74, 6) is 2.99. The number of likely N-dealkylation sites (tertiary alicyclic amines) is 1. The fraction of sp³-hybridized carbons (Fsp3) is 0.647. The molecule has 0 bridgehead atoms. The van der Waals surface area contributed by atoms with Crippen LogP contribution in [0.3, 0.4) is 0 Å². The second-order valence-electron chi connectivity index (χ2n) is 6.88. The number of anilines is 1. The lowest BCUT2D eigenvalue weighted by atomic mass is 9.93. The maximum atomic E-state index is 4.51. The van der Waals surface area contributed by atoms with Gasteiger partial charge in [0.15, 0.2) is 0 Å². The van der Waals surface area contributed by atoms with Gasteiger partial charge in [-0.05, 0) is 31.8 Å². The minimum absolute atomic E-state index is 0.760. The van der Waals surface area contributed by atoms with E-state index in [1.165, 1.54) is 24.4 Å². The van der Waals surface area contributed by atoms with E-state index in [2.05, 4.69) is 43.0 Å². The molecule has 2 aromatic rings. The highest BCUT2D eigenvalue weighted by atomic mass is 15.3. The Labute approximate surface area is 138 Å².